The minimum absolute atomic E-state index is 0. The van der Waals surface area contributed by atoms with Gasteiger partial charge in [-0.3, -0.25) is 0 Å². The topological polar surface area (TPSA) is 0 Å². The SMILES string of the molecule is C.C.CC.CC.C[C-](C)C.[CH2-]CC.[V+2]. The average molecular weight is 243 g/mol. The summed E-state index contributed by atoms with van der Waals surface area (Å²) in [6.45, 7) is 19.8. The summed E-state index contributed by atoms with van der Waals surface area (Å²) in [6, 6.07) is 0. The van der Waals surface area contributed by atoms with Crippen molar-refractivity contribution in [2.45, 2.75) is 76.7 Å². The van der Waals surface area contributed by atoms with Crippen molar-refractivity contribution >= 4 is 0 Å². The molecule has 14 heavy (non-hydrogen) atoms. The van der Waals surface area contributed by atoms with E-state index in [1.54, 1.807) is 0 Å². The first kappa shape index (κ1) is 46.8. The molecule has 1 radical (unpaired) electrons. The molecular weight excluding hydrogens is 207 g/mol. The van der Waals surface area contributed by atoms with Crippen molar-refractivity contribution in [3.63, 3.8) is 0 Å². The molecule has 0 fully saturated rings. The summed E-state index contributed by atoms with van der Waals surface area (Å²) in [6.07, 6.45) is 1.00. The van der Waals surface area contributed by atoms with Gasteiger partial charge in [-0.2, -0.15) is 27.2 Å². The van der Waals surface area contributed by atoms with Crippen LogP contribution in [0.1, 0.15) is 76.7 Å². The van der Waals surface area contributed by atoms with E-state index in [2.05, 4.69) is 27.7 Å². The van der Waals surface area contributed by atoms with Crippen LogP contribution in [0, 0.1) is 12.8 Å². The summed E-state index contributed by atoms with van der Waals surface area (Å²) in [5, 5.41) is 0. The molecule has 0 saturated carbocycles. The van der Waals surface area contributed by atoms with Crippen LogP contribution in [0.2, 0.25) is 0 Å². The predicted molar refractivity (Wildman–Crippen MR) is 72.1 cm³/mol. The molecule has 0 rings (SSSR count). The second-order valence-electron chi connectivity index (χ2n) is 2.00. The summed E-state index contributed by atoms with van der Waals surface area (Å²) in [5.74, 6) is 1.42. The van der Waals surface area contributed by atoms with Gasteiger partial charge in [-0.25, -0.2) is 0 Å². The van der Waals surface area contributed by atoms with Crippen molar-refractivity contribution in [2.24, 2.45) is 0 Å². The maximum absolute atomic E-state index is 3.49. The van der Waals surface area contributed by atoms with Crippen LogP contribution in [0.25, 0.3) is 0 Å². The van der Waals surface area contributed by atoms with Crippen molar-refractivity contribution in [3.05, 3.63) is 12.8 Å². The van der Waals surface area contributed by atoms with Gasteiger partial charge in [0, 0.05) is 0 Å². The van der Waals surface area contributed by atoms with Crippen LogP contribution < -0.4 is 0 Å². The molecule has 0 saturated heterocycles. The Morgan fingerprint density at radius 1 is 0.857 bits per heavy atom. The Balaban J connectivity index is -0.00000000908. The molecule has 0 nitrogen and oxygen atoms in total. The van der Waals surface area contributed by atoms with Gasteiger partial charge >= 0.3 is 18.6 Å². The molecule has 1 heteroatoms. The standard InChI is InChI=1S/C4H9.C3H7.2C2H6.2CH4.V/c1-4(2)3;1-3-2;2*1-2;;;/h1-3H3;1,3H2,2H3;2*1-2H3;2*1H4;/q2*-1;;;;;+2. The Kier molecular flexibility index (Phi) is 342. The molecule has 0 bridgehead atoms. The summed E-state index contributed by atoms with van der Waals surface area (Å²) in [5.41, 5.74) is 0. The van der Waals surface area contributed by atoms with Crippen LogP contribution in [-0.4, -0.2) is 0 Å². The van der Waals surface area contributed by atoms with E-state index in [1.165, 1.54) is 5.92 Å². The summed E-state index contributed by atoms with van der Waals surface area (Å²) in [4.78, 5) is 0. The van der Waals surface area contributed by atoms with Crippen LogP contribution in [0.15, 0.2) is 0 Å². The second kappa shape index (κ2) is 102. The third-order valence-electron chi connectivity index (χ3n) is 0. The fraction of sp³-hybridized carbons (Fsp3) is 0.846. The van der Waals surface area contributed by atoms with Gasteiger partial charge in [0.2, 0.25) is 0 Å². The summed E-state index contributed by atoms with van der Waals surface area (Å²) >= 11 is 0. The van der Waals surface area contributed by atoms with Gasteiger partial charge < -0.3 is 12.8 Å². The molecule has 0 atom stereocenters. The number of rotatable bonds is 0. The summed E-state index contributed by atoms with van der Waals surface area (Å²) in [7, 11) is 0. The molecule has 0 aliphatic heterocycles. The minimum atomic E-state index is 0. The van der Waals surface area contributed by atoms with E-state index in [1.807, 2.05) is 34.6 Å². The first-order chi connectivity index (χ1) is 5.15. The van der Waals surface area contributed by atoms with Crippen LogP contribution in [0.5, 0.6) is 0 Å². The molecule has 0 unspecified atom stereocenters. The van der Waals surface area contributed by atoms with Crippen molar-refractivity contribution in [3.8, 4) is 0 Å². The van der Waals surface area contributed by atoms with E-state index in [0.717, 1.165) is 6.42 Å². The Bertz CT molecular complexity index is 16.4. The van der Waals surface area contributed by atoms with Gasteiger partial charge in [-0.15, -0.1) is 0 Å². The van der Waals surface area contributed by atoms with E-state index in [0.29, 0.717) is 0 Å². The molecule has 0 N–H and O–H groups in total. The normalized spacial score (nSPS) is 4.71. The van der Waals surface area contributed by atoms with Gasteiger partial charge in [0.25, 0.3) is 0 Å². The quantitative estimate of drug-likeness (QED) is 0.446. The smallest absolute Gasteiger partial charge is 0.344 e. The van der Waals surface area contributed by atoms with Gasteiger partial charge in [-0.1, -0.05) is 49.5 Å². The molecule has 0 amide bonds. The fourth-order valence-corrected chi connectivity index (χ4v) is 0. The van der Waals surface area contributed by atoms with Crippen LogP contribution in [0.4, 0.5) is 0 Å². The van der Waals surface area contributed by atoms with Crippen molar-refractivity contribution < 1.29 is 18.6 Å². The predicted octanol–water partition coefficient (Wildman–Crippen LogP) is 6.17. The van der Waals surface area contributed by atoms with Gasteiger partial charge in [0.05, 0.1) is 0 Å². The molecule has 0 aromatic heterocycles. The zero-order chi connectivity index (χ0) is 10.3. The molecule has 0 spiro atoms. The number of hydrogen-bond acceptors (Lipinski definition) is 0. The number of hydrogen-bond donors (Lipinski definition) is 0. The van der Waals surface area contributed by atoms with Gasteiger partial charge in [-0.05, 0) is 0 Å². The molecule has 0 aromatic rings. The van der Waals surface area contributed by atoms with Crippen molar-refractivity contribution in [2.75, 3.05) is 0 Å². The van der Waals surface area contributed by atoms with E-state index in [9.17, 15) is 0 Å². The maximum atomic E-state index is 3.49. The van der Waals surface area contributed by atoms with Crippen LogP contribution in [-0.2, 0) is 18.6 Å². The fourth-order valence-electron chi connectivity index (χ4n) is 0. The molecular formula is C13H36V. The van der Waals surface area contributed by atoms with Crippen molar-refractivity contribution in [1.82, 2.24) is 0 Å². The van der Waals surface area contributed by atoms with E-state index in [4.69, 9.17) is 0 Å². The second-order valence-corrected chi connectivity index (χ2v) is 2.00. The minimum Gasteiger partial charge on any atom is -0.344 e. The molecule has 93 valence electrons. The largest absolute Gasteiger partial charge is 2.00 e. The average Bonchev–Trinajstić information content (AvgIpc) is 1.96. The Labute approximate surface area is 108 Å². The van der Waals surface area contributed by atoms with Gasteiger partial charge in [0.1, 0.15) is 0 Å². The third-order valence-corrected chi connectivity index (χ3v) is 0. The molecule has 0 aliphatic carbocycles. The summed E-state index contributed by atoms with van der Waals surface area (Å²) < 4.78 is 0. The first-order valence-corrected chi connectivity index (χ1v) is 4.71. The molecule has 0 heterocycles. The van der Waals surface area contributed by atoms with Crippen LogP contribution >= 0.6 is 0 Å². The maximum Gasteiger partial charge on any atom is 2.00 e. The van der Waals surface area contributed by atoms with E-state index < -0.39 is 0 Å². The van der Waals surface area contributed by atoms with Gasteiger partial charge in [0.15, 0.2) is 0 Å². The molecule has 0 aliphatic rings. The monoisotopic (exact) mass is 243 g/mol. The Morgan fingerprint density at radius 3 is 0.857 bits per heavy atom. The van der Waals surface area contributed by atoms with E-state index >= 15 is 0 Å². The van der Waals surface area contributed by atoms with Crippen LogP contribution in [0.3, 0.4) is 0 Å². The third kappa shape index (κ3) is 4940. The zero-order valence-electron chi connectivity index (χ0n) is 10.4. The first-order valence-electron chi connectivity index (χ1n) is 4.71. The Hall–Kier alpha value is 0.584. The zero-order valence-corrected chi connectivity index (χ0v) is 11.8. The Morgan fingerprint density at radius 2 is 0.857 bits per heavy atom. The molecule has 0 aromatic carbocycles. The van der Waals surface area contributed by atoms with E-state index in [-0.39, 0.29) is 33.4 Å². The van der Waals surface area contributed by atoms with Crippen molar-refractivity contribution in [1.29, 1.82) is 0 Å².